The number of halogens is 2. The highest BCUT2D eigenvalue weighted by Gasteiger charge is 2.60. The molecule has 0 aliphatic carbocycles. The number of carbonyl (C=O) groups excluding carboxylic acids is 1. The highest BCUT2D eigenvalue weighted by molar-refractivity contribution is 7.90. The Morgan fingerprint density at radius 1 is 1.06 bits per heavy atom. The van der Waals surface area contributed by atoms with Crippen molar-refractivity contribution in [2.75, 3.05) is 51.3 Å². The van der Waals surface area contributed by atoms with Gasteiger partial charge in [0.2, 0.25) is 0 Å². The zero-order chi connectivity index (χ0) is 37.1. The van der Waals surface area contributed by atoms with Gasteiger partial charge in [-0.3, -0.25) is 14.8 Å². The van der Waals surface area contributed by atoms with Crippen LogP contribution in [0.15, 0.2) is 82.9 Å². The van der Waals surface area contributed by atoms with Crippen LogP contribution in [-0.4, -0.2) is 91.9 Å². The van der Waals surface area contributed by atoms with Gasteiger partial charge in [0.1, 0.15) is 32.5 Å². The van der Waals surface area contributed by atoms with Gasteiger partial charge in [-0.05, 0) is 93.1 Å². The topological polar surface area (TPSA) is 82.5 Å². The summed E-state index contributed by atoms with van der Waals surface area (Å²) in [7, 11) is -3.03. The molecule has 0 unspecified atom stereocenters. The van der Waals surface area contributed by atoms with E-state index in [1.54, 1.807) is 12.2 Å². The Bertz CT molecular complexity index is 1770. The molecule has 2 amide bonds. The molecule has 1 fully saturated rings. The Kier molecular flexibility index (Phi) is 12.4. The van der Waals surface area contributed by atoms with Gasteiger partial charge in [0.15, 0.2) is 0 Å². The summed E-state index contributed by atoms with van der Waals surface area (Å²) in [6.45, 7) is 22.1. The zero-order valence-corrected chi connectivity index (χ0v) is 33.1. The van der Waals surface area contributed by atoms with E-state index in [9.17, 15) is 8.42 Å². The first-order valence-electron chi connectivity index (χ1n) is 17.2. The molecule has 1 saturated heterocycles. The number of sulfone groups is 1. The Labute approximate surface area is 309 Å². The van der Waals surface area contributed by atoms with Crippen LogP contribution in [0.5, 0.6) is 5.75 Å². The molecule has 50 heavy (non-hydrogen) atoms. The number of aliphatic imine (C=N–C) groups is 1. The van der Waals surface area contributed by atoms with Crippen molar-refractivity contribution in [3.8, 4) is 5.75 Å². The normalized spacial score (nSPS) is 22.3. The van der Waals surface area contributed by atoms with Crippen LogP contribution in [0.4, 0.5) is 4.79 Å². The molecule has 0 radical (unpaired) electrons. The molecule has 2 heterocycles. The molecular weight excluding hydrogens is 691 g/mol. The van der Waals surface area contributed by atoms with Gasteiger partial charge >= 0.3 is 6.03 Å². The number of allylic oxidation sites excluding steroid dienone is 3. The second-order valence-corrected chi connectivity index (χ2v) is 17.6. The number of piperazine rings is 1. The lowest BCUT2D eigenvalue weighted by Crippen LogP contribution is -2.61. The third-order valence-electron chi connectivity index (χ3n) is 9.90. The summed E-state index contributed by atoms with van der Waals surface area (Å²) >= 11 is 12.8. The van der Waals surface area contributed by atoms with Crippen molar-refractivity contribution < 1.29 is 17.9 Å². The minimum atomic E-state index is -3.03. The molecule has 0 aromatic heterocycles. The molecule has 2 aliphatic heterocycles. The van der Waals surface area contributed by atoms with Crippen LogP contribution in [0.2, 0.25) is 5.02 Å². The molecule has 2 aliphatic rings. The standard InChI is InChI=1S/C39H52Cl2N4O4S/c1-10-31(40)17-13-28(3)38(7)39(8,29-14-18-32(41)19-15-29)45(36(46)44-24-22-43(23-25-44)21-12-26-50(9,47)48)35(42-38)33-20-16-30(37(4,5)6)27-34(33)49-11-2/h10,13-20,27H,3,11-12,21-26H2,1-2,4-9H3/b17-13-,31-10+/t38-,39+/m1/s1. The second kappa shape index (κ2) is 15.6. The van der Waals surface area contributed by atoms with Gasteiger partial charge in [0.05, 0.1) is 17.9 Å². The lowest BCUT2D eigenvalue weighted by molar-refractivity contribution is 0.0945. The molecule has 4 rings (SSSR count). The quantitative estimate of drug-likeness (QED) is 0.217. The molecule has 0 N–H and O–H groups in total. The van der Waals surface area contributed by atoms with E-state index in [0.29, 0.717) is 78.5 Å². The van der Waals surface area contributed by atoms with Gasteiger partial charge in [-0.2, -0.15) is 0 Å². The van der Waals surface area contributed by atoms with Crippen molar-refractivity contribution in [1.82, 2.24) is 14.7 Å². The van der Waals surface area contributed by atoms with E-state index in [1.165, 1.54) is 6.26 Å². The summed E-state index contributed by atoms with van der Waals surface area (Å²) in [5.74, 6) is 1.28. The maximum atomic E-state index is 15.1. The van der Waals surface area contributed by atoms with Crippen LogP contribution >= 0.6 is 23.2 Å². The third-order valence-corrected chi connectivity index (χ3v) is 11.5. The molecule has 0 spiro atoms. The summed E-state index contributed by atoms with van der Waals surface area (Å²) in [6, 6.07) is 13.5. The lowest BCUT2D eigenvalue weighted by Gasteiger charge is -2.47. The third kappa shape index (κ3) is 8.50. The number of urea groups is 1. The first-order chi connectivity index (χ1) is 23.4. The van der Waals surface area contributed by atoms with Gasteiger partial charge < -0.3 is 9.64 Å². The maximum Gasteiger partial charge on any atom is 0.326 e. The SMILES string of the molecule is C=C(/C=C\C(Cl)=C/C)[C@@]1(C)N=C(c2ccc(C(C)(C)C)cc2OCC)N(C(=O)N2CCN(CCCS(C)(=O)=O)CC2)[C@@]1(C)c1ccc(Cl)cc1. The number of amidine groups is 1. The van der Waals surface area contributed by atoms with E-state index in [2.05, 4.69) is 44.4 Å². The molecule has 2 atom stereocenters. The summed E-state index contributed by atoms with van der Waals surface area (Å²) in [5, 5.41) is 1.14. The fourth-order valence-corrected chi connectivity index (χ4v) is 7.42. The van der Waals surface area contributed by atoms with Crippen LogP contribution in [-0.2, 0) is 20.8 Å². The molecule has 272 valence electrons. The number of benzene rings is 2. The number of ether oxygens (including phenoxy) is 1. The van der Waals surface area contributed by atoms with Crippen LogP contribution in [0.25, 0.3) is 0 Å². The smallest absolute Gasteiger partial charge is 0.326 e. The Hall–Kier alpha value is -3.11. The lowest BCUT2D eigenvalue weighted by atomic mass is 9.70. The summed E-state index contributed by atoms with van der Waals surface area (Å²) < 4.78 is 29.7. The van der Waals surface area contributed by atoms with Crippen molar-refractivity contribution in [1.29, 1.82) is 0 Å². The van der Waals surface area contributed by atoms with Crippen LogP contribution in [0, 0.1) is 0 Å². The van der Waals surface area contributed by atoms with Crippen LogP contribution in [0.1, 0.15) is 71.6 Å². The average Bonchev–Trinajstić information content (AvgIpc) is 3.30. The molecule has 8 nitrogen and oxygen atoms in total. The van der Waals surface area contributed by atoms with E-state index in [0.717, 1.165) is 11.1 Å². The largest absolute Gasteiger partial charge is 0.493 e. The average molecular weight is 744 g/mol. The van der Waals surface area contributed by atoms with Crippen molar-refractivity contribution in [3.05, 3.63) is 99.6 Å². The highest BCUT2D eigenvalue weighted by atomic mass is 35.5. The van der Waals surface area contributed by atoms with Crippen LogP contribution in [0.3, 0.4) is 0 Å². The number of rotatable bonds is 11. The Morgan fingerprint density at radius 3 is 2.26 bits per heavy atom. The predicted octanol–water partition coefficient (Wildman–Crippen LogP) is 8.20. The molecule has 0 bridgehead atoms. The van der Waals surface area contributed by atoms with Gasteiger partial charge in [0.25, 0.3) is 0 Å². The number of amides is 2. The van der Waals surface area contributed by atoms with Crippen molar-refractivity contribution in [2.24, 2.45) is 4.99 Å². The van der Waals surface area contributed by atoms with E-state index >= 15 is 4.79 Å². The van der Waals surface area contributed by atoms with E-state index < -0.39 is 20.9 Å². The second-order valence-electron chi connectivity index (χ2n) is 14.4. The van der Waals surface area contributed by atoms with Gasteiger partial charge in [-0.25, -0.2) is 13.2 Å². The molecule has 2 aromatic carbocycles. The fourth-order valence-electron chi connectivity index (χ4n) is 6.57. The summed E-state index contributed by atoms with van der Waals surface area (Å²) in [5.41, 5.74) is 1.08. The van der Waals surface area contributed by atoms with E-state index in [4.69, 9.17) is 32.9 Å². The Morgan fingerprint density at radius 2 is 1.70 bits per heavy atom. The van der Waals surface area contributed by atoms with Gasteiger partial charge in [-0.15, -0.1) is 0 Å². The molecule has 2 aromatic rings. The monoisotopic (exact) mass is 742 g/mol. The van der Waals surface area contributed by atoms with E-state index in [1.807, 2.05) is 73.9 Å². The number of nitrogens with zero attached hydrogens (tertiary/aromatic N) is 4. The minimum absolute atomic E-state index is 0.129. The van der Waals surface area contributed by atoms with Crippen molar-refractivity contribution in [2.45, 2.75) is 71.4 Å². The molecular formula is C39H52Cl2N4O4S. The number of hydrogen-bond acceptors (Lipinski definition) is 6. The number of carbonyl (C=O) groups is 1. The summed E-state index contributed by atoms with van der Waals surface area (Å²) in [4.78, 5) is 26.5. The van der Waals surface area contributed by atoms with Crippen molar-refractivity contribution >= 4 is 44.9 Å². The van der Waals surface area contributed by atoms with E-state index in [-0.39, 0.29) is 17.2 Å². The Balaban J connectivity index is 1.89. The minimum Gasteiger partial charge on any atom is -0.493 e. The maximum absolute atomic E-state index is 15.1. The first-order valence-corrected chi connectivity index (χ1v) is 20.0. The predicted molar refractivity (Wildman–Crippen MR) is 208 cm³/mol. The number of hydrogen-bond donors (Lipinski definition) is 0. The van der Waals surface area contributed by atoms with Crippen molar-refractivity contribution in [3.63, 3.8) is 0 Å². The van der Waals surface area contributed by atoms with Gasteiger partial charge in [0, 0.05) is 42.5 Å². The first kappa shape index (κ1) is 39.7. The van der Waals surface area contributed by atoms with Crippen LogP contribution < -0.4 is 4.74 Å². The summed E-state index contributed by atoms with van der Waals surface area (Å²) in [6.07, 6.45) is 7.28. The highest BCUT2D eigenvalue weighted by Crippen LogP contribution is 2.52. The fraction of sp³-hybridized carbons (Fsp3) is 0.487. The van der Waals surface area contributed by atoms with Gasteiger partial charge in [-0.1, -0.05) is 80.9 Å². The zero-order valence-electron chi connectivity index (χ0n) is 30.7. The molecule has 11 heteroatoms. The molecule has 0 saturated carbocycles.